The van der Waals surface area contributed by atoms with E-state index in [1.54, 1.807) is 4.57 Å². The summed E-state index contributed by atoms with van der Waals surface area (Å²) in [7, 11) is 0. The summed E-state index contributed by atoms with van der Waals surface area (Å²) in [5.41, 5.74) is 1.46. The SMILES string of the molecule is O=C([C@H]1CCCO1)N1CCN(CCn2c(=O)oc3ccccc32)CC1. The Morgan fingerprint density at radius 3 is 2.68 bits per heavy atom. The molecule has 4 rings (SSSR count). The van der Waals surface area contributed by atoms with Crippen LogP contribution in [0.1, 0.15) is 12.8 Å². The van der Waals surface area contributed by atoms with Gasteiger partial charge in [0.05, 0.1) is 5.52 Å². The number of hydrogen-bond donors (Lipinski definition) is 0. The Bertz CT molecular complexity index is 798. The van der Waals surface area contributed by atoms with Crippen LogP contribution in [-0.4, -0.2) is 65.7 Å². The van der Waals surface area contributed by atoms with E-state index in [9.17, 15) is 9.59 Å². The molecule has 2 saturated heterocycles. The van der Waals surface area contributed by atoms with Crippen molar-refractivity contribution in [3.8, 4) is 0 Å². The lowest BCUT2D eigenvalue weighted by Gasteiger charge is -2.35. The molecule has 25 heavy (non-hydrogen) atoms. The molecule has 1 aromatic carbocycles. The van der Waals surface area contributed by atoms with Gasteiger partial charge in [-0.1, -0.05) is 12.1 Å². The van der Waals surface area contributed by atoms with E-state index >= 15 is 0 Å². The first kappa shape index (κ1) is 16.4. The minimum Gasteiger partial charge on any atom is -0.408 e. The van der Waals surface area contributed by atoms with Crippen LogP contribution >= 0.6 is 0 Å². The number of para-hydroxylation sites is 2. The van der Waals surface area contributed by atoms with Crippen LogP contribution in [0.3, 0.4) is 0 Å². The maximum atomic E-state index is 12.4. The van der Waals surface area contributed by atoms with Crippen molar-refractivity contribution < 1.29 is 13.9 Å². The quantitative estimate of drug-likeness (QED) is 0.824. The fourth-order valence-electron chi connectivity index (χ4n) is 3.64. The van der Waals surface area contributed by atoms with Crippen molar-refractivity contribution in [2.24, 2.45) is 0 Å². The summed E-state index contributed by atoms with van der Waals surface area (Å²) < 4.78 is 12.4. The summed E-state index contributed by atoms with van der Waals surface area (Å²) in [4.78, 5) is 28.6. The summed E-state index contributed by atoms with van der Waals surface area (Å²) in [5, 5.41) is 0. The molecule has 3 heterocycles. The highest BCUT2D eigenvalue weighted by Crippen LogP contribution is 2.16. The van der Waals surface area contributed by atoms with Crippen molar-refractivity contribution in [1.29, 1.82) is 0 Å². The molecular formula is C18H23N3O4. The molecule has 0 unspecified atom stereocenters. The van der Waals surface area contributed by atoms with E-state index < -0.39 is 0 Å². The van der Waals surface area contributed by atoms with Crippen LogP contribution in [0.5, 0.6) is 0 Å². The van der Waals surface area contributed by atoms with E-state index in [4.69, 9.17) is 9.15 Å². The Morgan fingerprint density at radius 2 is 1.92 bits per heavy atom. The van der Waals surface area contributed by atoms with E-state index in [0.29, 0.717) is 18.7 Å². The molecule has 134 valence electrons. The van der Waals surface area contributed by atoms with Gasteiger partial charge in [0.15, 0.2) is 5.58 Å². The van der Waals surface area contributed by atoms with Gasteiger partial charge in [-0.2, -0.15) is 0 Å². The number of benzene rings is 1. The summed E-state index contributed by atoms with van der Waals surface area (Å²) in [6, 6.07) is 7.48. The van der Waals surface area contributed by atoms with Crippen LogP contribution in [0.25, 0.3) is 11.1 Å². The van der Waals surface area contributed by atoms with Gasteiger partial charge in [0.2, 0.25) is 0 Å². The molecular weight excluding hydrogens is 322 g/mol. The fraction of sp³-hybridized carbons (Fsp3) is 0.556. The van der Waals surface area contributed by atoms with Gasteiger partial charge in [-0.15, -0.1) is 0 Å². The van der Waals surface area contributed by atoms with Crippen LogP contribution < -0.4 is 5.76 Å². The van der Waals surface area contributed by atoms with Crippen molar-refractivity contribution in [3.63, 3.8) is 0 Å². The van der Waals surface area contributed by atoms with Gasteiger partial charge >= 0.3 is 5.76 Å². The molecule has 1 atom stereocenters. The lowest BCUT2D eigenvalue weighted by atomic mass is 10.2. The maximum absolute atomic E-state index is 12.4. The standard InChI is InChI=1S/C18H23N3O4/c22-17(16-6-3-13-24-16)20-10-7-19(8-11-20)9-12-21-14-4-1-2-5-15(14)25-18(21)23/h1-2,4-5,16H,3,6-13H2/t16-/m1/s1. The number of fused-ring (bicyclic) bond motifs is 1. The minimum absolute atomic E-state index is 0.134. The Morgan fingerprint density at radius 1 is 1.12 bits per heavy atom. The molecule has 0 saturated carbocycles. The van der Waals surface area contributed by atoms with Crippen LogP contribution in [0.15, 0.2) is 33.5 Å². The number of hydrogen-bond acceptors (Lipinski definition) is 5. The van der Waals surface area contributed by atoms with Crippen molar-refractivity contribution in [1.82, 2.24) is 14.4 Å². The molecule has 0 N–H and O–H groups in total. The highest BCUT2D eigenvalue weighted by atomic mass is 16.5. The zero-order chi connectivity index (χ0) is 17.2. The van der Waals surface area contributed by atoms with Crippen LogP contribution in [0.4, 0.5) is 0 Å². The molecule has 1 amide bonds. The number of amides is 1. The minimum atomic E-state index is -0.312. The summed E-state index contributed by atoms with van der Waals surface area (Å²) in [6.45, 7) is 5.15. The van der Waals surface area contributed by atoms with E-state index in [-0.39, 0.29) is 17.8 Å². The molecule has 0 radical (unpaired) electrons. The van der Waals surface area contributed by atoms with Crippen LogP contribution in [0, 0.1) is 0 Å². The molecule has 2 fully saturated rings. The number of piperazine rings is 1. The maximum Gasteiger partial charge on any atom is 0.419 e. The van der Waals surface area contributed by atoms with Crippen molar-refractivity contribution in [2.75, 3.05) is 39.3 Å². The Labute approximate surface area is 145 Å². The van der Waals surface area contributed by atoms with Gasteiger partial charge in [-0.3, -0.25) is 14.3 Å². The average Bonchev–Trinajstić information content (AvgIpc) is 3.27. The third-order valence-corrected chi connectivity index (χ3v) is 5.10. The van der Waals surface area contributed by atoms with E-state index in [1.165, 1.54) is 0 Å². The second kappa shape index (κ2) is 7.01. The predicted molar refractivity (Wildman–Crippen MR) is 92.5 cm³/mol. The molecule has 2 aromatic rings. The number of carbonyl (C=O) groups is 1. The number of aromatic nitrogens is 1. The third-order valence-electron chi connectivity index (χ3n) is 5.10. The van der Waals surface area contributed by atoms with Gasteiger partial charge in [0, 0.05) is 45.9 Å². The first-order valence-corrected chi connectivity index (χ1v) is 8.93. The third kappa shape index (κ3) is 3.34. The summed E-state index contributed by atoms with van der Waals surface area (Å²) >= 11 is 0. The molecule has 2 aliphatic heterocycles. The van der Waals surface area contributed by atoms with Gasteiger partial charge < -0.3 is 14.1 Å². The second-order valence-electron chi connectivity index (χ2n) is 6.66. The monoisotopic (exact) mass is 345 g/mol. The van der Waals surface area contributed by atoms with Crippen LogP contribution in [-0.2, 0) is 16.1 Å². The largest absolute Gasteiger partial charge is 0.419 e. The molecule has 0 spiro atoms. The first-order chi connectivity index (χ1) is 12.2. The van der Waals surface area contributed by atoms with E-state index in [0.717, 1.165) is 51.1 Å². The number of oxazole rings is 1. The fourth-order valence-corrected chi connectivity index (χ4v) is 3.64. The number of rotatable bonds is 4. The van der Waals surface area contributed by atoms with E-state index in [2.05, 4.69) is 4.90 Å². The van der Waals surface area contributed by atoms with Gasteiger partial charge in [-0.25, -0.2) is 4.79 Å². The highest BCUT2D eigenvalue weighted by Gasteiger charge is 2.30. The molecule has 0 bridgehead atoms. The number of nitrogens with zero attached hydrogens (tertiary/aromatic N) is 3. The predicted octanol–water partition coefficient (Wildman–Crippen LogP) is 0.918. The summed E-state index contributed by atoms with van der Waals surface area (Å²) in [6.07, 6.45) is 1.58. The lowest BCUT2D eigenvalue weighted by molar-refractivity contribution is -0.142. The molecule has 2 aliphatic rings. The zero-order valence-electron chi connectivity index (χ0n) is 14.2. The normalized spacial score (nSPS) is 21.9. The number of ether oxygens (including phenoxy) is 1. The van der Waals surface area contributed by atoms with E-state index in [1.807, 2.05) is 29.2 Å². The Kier molecular flexibility index (Phi) is 4.59. The lowest BCUT2D eigenvalue weighted by Crippen LogP contribution is -2.51. The van der Waals surface area contributed by atoms with Crippen molar-refractivity contribution in [2.45, 2.75) is 25.5 Å². The Balaban J connectivity index is 1.32. The molecule has 0 aliphatic carbocycles. The highest BCUT2D eigenvalue weighted by molar-refractivity contribution is 5.81. The number of carbonyl (C=O) groups excluding carboxylic acids is 1. The smallest absolute Gasteiger partial charge is 0.408 e. The van der Waals surface area contributed by atoms with Crippen molar-refractivity contribution in [3.05, 3.63) is 34.8 Å². The van der Waals surface area contributed by atoms with Gasteiger partial charge in [0.25, 0.3) is 5.91 Å². The molecule has 7 nitrogen and oxygen atoms in total. The Hall–Kier alpha value is -2.12. The zero-order valence-corrected chi connectivity index (χ0v) is 14.2. The topological polar surface area (TPSA) is 67.9 Å². The van der Waals surface area contributed by atoms with Crippen LogP contribution in [0.2, 0.25) is 0 Å². The van der Waals surface area contributed by atoms with Gasteiger partial charge in [-0.05, 0) is 25.0 Å². The second-order valence-corrected chi connectivity index (χ2v) is 6.66. The summed E-state index contributed by atoms with van der Waals surface area (Å²) in [5.74, 6) is -0.178. The first-order valence-electron chi connectivity index (χ1n) is 8.93. The molecule has 1 aromatic heterocycles. The molecule has 7 heteroatoms. The van der Waals surface area contributed by atoms with Gasteiger partial charge in [0.1, 0.15) is 6.10 Å². The average molecular weight is 345 g/mol. The van der Waals surface area contributed by atoms with Crippen molar-refractivity contribution >= 4 is 17.0 Å².